The summed E-state index contributed by atoms with van der Waals surface area (Å²) in [6.07, 6.45) is 2.27. The van der Waals surface area contributed by atoms with Crippen LogP contribution < -0.4 is 4.90 Å². The molecule has 2 aliphatic rings. The zero-order valence-corrected chi connectivity index (χ0v) is 14.8. The molecule has 0 radical (unpaired) electrons. The van der Waals surface area contributed by atoms with Gasteiger partial charge in [0.25, 0.3) is 0 Å². The third-order valence-corrected chi connectivity index (χ3v) is 4.97. The number of rotatable bonds is 4. The number of ether oxygens (including phenoxy) is 1. The lowest BCUT2D eigenvalue weighted by atomic mass is 10.0. The highest BCUT2D eigenvalue weighted by Gasteiger charge is 2.27. The van der Waals surface area contributed by atoms with Crippen molar-refractivity contribution in [2.45, 2.75) is 25.8 Å². The zero-order chi connectivity index (χ0) is 16.9. The molecular formula is C18H28N4O2. The van der Waals surface area contributed by atoms with Crippen LogP contribution in [0.25, 0.3) is 0 Å². The van der Waals surface area contributed by atoms with Gasteiger partial charge in [0.15, 0.2) is 0 Å². The van der Waals surface area contributed by atoms with E-state index >= 15 is 0 Å². The van der Waals surface area contributed by atoms with Crippen LogP contribution in [0.1, 0.15) is 18.5 Å². The van der Waals surface area contributed by atoms with E-state index in [4.69, 9.17) is 4.74 Å². The molecule has 1 aromatic heterocycles. The Morgan fingerprint density at radius 3 is 2.88 bits per heavy atom. The third-order valence-electron chi connectivity index (χ3n) is 4.97. The largest absolute Gasteiger partial charge is 0.378 e. The van der Waals surface area contributed by atoms with Crippen molar-refractivity contribution in [2.24, 2.45) is 0 Å². The Morgan fingerprint density at radius 1 is 1.33 bits per heavy atom. The lowest BCUT2D eigenvalue weighted by molar-refractivity contribution is -0.136. The van der Waals surface area contributed by atoms with Crippen molar-refractivity contribution in [3.63, 3.8) is 0 Å². The van der Waals surface area contributed by atoms with E-state index in [0.29, 0.717) is 25.8 Å². The summed E-state index contributed by atoms with van der Waals surface area (Å²) in [5, 5.41) is 0. The normalized spacial score (nSPS) is 22.0. The summed E-state index contributed by atoms with van der Waals surface area (Å²) >= 11 is 0. The molecule has 2 aliphatic heterocycles. The smallest absolute Gasteiger partial charge is 0.236 e. The first-order valence-electron chi connectivity index (χ1n) is 8.88. The average molecular weight is 332 g/mol. The van der Waals surface area contributed by atoms with E-state index in [2.05, 4.69) is 34.0 Å². The minimum absolute atomic E-state index is 0.214. The van der Waals surface area contributed by atoms with Gasteiger partial charge in [0.2, 0.25) is 5.91 Å². The van der Waals surface area contributed by atoms with Crippen molar-refractivity contribution in [2.75, 3.05) is 57.9 Å². The van der Waals surface area contributed by atoms with Crippen LogP contribution in [0, 0.1) is 6.92 Å². The molecule has 1 amide bonds. The van der Waals surface area contributed by atoms with Gasteiger partial charge in [-0.05, 0) is 38.9 Å². The lowest BCUT2D eigenvalue weighted by Crippen LogP contribution is -2.51. The number of aromatic nitrogens is 1. The van der Waals surface area contributed by atoms with E-state index in [1.807, 2.05) is 17.9 Å². The number of piperidine rings is 1. The quantitative estimate of drug-likeness (QED) is 0.828. The molecule has 2 fully saturated rings. The molecule has 6 heteroatoms. The fourth-order valence-electron chi connectivity index (χ4n) is 3.48. The van der Waals surface area contributed by atoms with Crippen LogP contribution in [0.2, 0.25) is 0 Å². The molecule has 1 atom stereocenters. The molecular weight excluding hydrogens is 304 g/mol. The Balaban J connectivity index is 1.56. The monoisotopic (exact) mass is 332 g/mol. The van der Waals surface area contributed by atoms with Crippen molar-refractivity contribution in [1.82, 2.24) is 14.8 Å². The summed E-state index contributed by atoms with van der Waals surface area (Å²) in [7, 11) is 2.07. The minimum atomic E-state index is 0.214. The predicted octanol–water partition coefficient (Wildman–Crippen LogP) is 1.15. The van der Waals surface area contributed by atoms with Crippen LogP contribution >= 0.6 is 0 Å². The number of amides is 1. The average Bonchev–Trinajstić information content (AvgIpc) is 2.62. The van der Waals surface area contributed by atoms with Crippen LogP contribution in [0.4, 0.5) is 5.82 Å². The van der Waals surface area contributed by atoms with Gasteiger partial charge in [-0.3, -0.25) is 9.69 Å². The van der Waals surface area contributed by atoms with E-state index in [-0.39, 0.29) is 5.91 Å². The standard InChI is InChI=1S/C18H28N4O2/c1-15-5-3-7-17(19-15)22-8-4-6-16(13-22)20(2)14-18(23)21-9-11-24-12-10-21/h3,5,7,16H,4,6,8-14H2,1-2H3/t16-/m0/s1. The Bertz CT molecular complexity index is 560. The molecule has 0 aromatic carbocycles. The van der Waals surface area contributed by atoms with Gasteiger partial charge >= 0.3 is 0 Å². The summed E-state index contributed by atoms with van der Waals surface area (Å²) in [4.78, 5) is 23.6. The fourth-order valence-corrected chi connectivity index (χ4v) is 3.48. The van der Waals surface area contributed by atoms with Gasteiger partial charge in [-0.1, -0.05) is 6.07 Å². The number of anilines is 1. The van der Waals surface area contributed by atoms with Crippen LogP contribution in [-0.2, 0) is 9.53 Å². The van der Waals surface area contributed by atoms with Crippen LogP contribution in [-0.4, -0.2) is 79.7 Å². The van der Waals surface area contributed by atoms with Gasteiger partial charge in [0, 0.05) is 37.9 Å². The Labute approximate surface area is 144 Å². The Morgan fingerprint density at radius 2 is 2.12 bits per heavy atom. The maximum absolute atomic E-state index is 12.5. The molecule has 1 aromatic rings. The molecule has 6 nitrogen and oxygen atoms in total. The molecule has 3 heterocycles. The fraction of sp³-hybridized carbons (Fsp3) is 0.667. The van der Waals surface area contributed by atoms with E-state index in [1.54, 1.807) is 0 Å². The van der Waals surface area contributed by atoms with E-state index in [1.165, 1.54) is 0 Å². The number of morpholine rings is 1. The molecule has 2 saturated heterocycles. The molecule has 0 N–H and O–H groups in total. The minimum Gasteiger partial charge on any atom is -0.378 e. The predicted molar refractivity (Wildman–Crippen MR) is 94.2 cm³/mol. The van der Waals surface area contributed by atoms with E-state index in [9.17, 15) is 4.79 Å². The maximum atomic E-state index is 12.5. The second-order valence-electron chi connectivity index (χ2n) is 6.79. The Kier molecular flexibility index (Phi) is 5.68. The highest BCUT2D eigenvalue weighted by Crippen LogP contribution is 2.20. The number of carbonyl (C=O) groups excluding carboxylic acids is 1. The molecule has 0 bridgehead atoms. The summed E-state index contributed by atoms with van der Waals surface area (Å²) < 4.78 is 5.32. The number of carbonyl (C=O) groups is 1. The van der Waals surface area contributed by atoms with Crippen LogP contribution in [0.3, 0.4) is 0 Å². The van der Waals surface area contributed by atoms with Gasteiger partial charge in [0.1, 0.15) is 5.82 Å². The summed E-state index contributed by atoms with van der Waals surface area (Å²) in [6.45, 7) is 7.24. The second-order valence-corrected chi connectivity index (χ2v) is 6.79. The molecule has 0 aliphatic carbocycles. The highest BCUT2D eigenvalue weighted by molar-refractivity contribution is 5.78. The first-order chi connectivity index (χ1) is 11.6. The van der Waals surface area contributed by atoms with Crippen molar-refractivity contribution < 1.29 is 9.53 Å². The lowest BCUT2D eigenvalue weighted by Gasteiger charge is -2.39. The number of nitrogens with zero attached hydrogens (tertiary/aromatic N) is 4. The van der Waals surface area contributed by atoms with Gasteiger partial charge < -0.3 is 14.5 Å². The van der Waals surface area contributed by atoms with Gasteiger partial charge in [-0.25, -0.2) is 4.98 Å². The molecule has 3 rings (SSSR count). The zero-order valence-electron chi connectivity index (χ0n) is 14.8. The first-order valence-corrected chi connectivity index (χ1v) is 8.88. The Hall–Kier alpha value is -1.66. The molecule has 132 valence electrons. The first kappa shape index (κ1) is 17.2. The third kappa shape index (κ3) is 4.24. The van der Waals surface area contributed by atoms with Gasteiger partial charge in [-0.15, -0.1) is 0 Å². The number of pyridine rings is 1. The second kappa shape index (κ2) is 7.94. The van der Waals surface area contributed by atoms with Crippen molar-refractivity contribution in [1.29, 1.82) is 0 Å². The number of hydrogen-bond acceptors (Lipinski definition) is 5. The molecule has 0 saturated carbocycles. The maximum Gasteiger partial charge on any atom is 0.236 e. The summed E-state index contributed by atoms with van der Waals surface area (Å²) in [5.41, 5.74) is 1.05. The number of aryl methyl sites for hydroxylation is 1. The summed E-state index contributed by atoms with van der Waals surface area (Å²) in [5.74, 6) is 1.26. The van der Waals surface area contributed by atoms with Gasteiger partial charge in [0.05, 0.1) is 19.8 Å². The SMILES string of the molecule is Cc1cccc(N2CCC[C@H](N(C)CC(=O)N3CCOCC3)C2)n1. The molecule has 0 unspecified atom stereocenters. The number of likely N-dealkylation sites (N-methyl/N-ethyl adjacent to an activating group) is 1. The molecule has 24 heavy (non-hydrogen) atoms. The molecule has 0 spiro atoms. The van der Waals surface area contributed by atoms with Crippen molar-refractivity contribution in [3.05, 3.63) is 23.9 Å². The van der Waals surface area contributed by atoms with E-state index < -0.39 is 0 Å². The number of hydrogen-bond donors (Lipinski definition) is 0. The van der Waals surface area contributed by atoms with Crippen LogP contribution in [0.5, 0.6) is 0 Å². The van der Waals surface area contributed by atoms with Crippen LogP contribution in [0.15, 0.2) is 18.2 Å². The van der Waals surface area contributed by atoms with Crippen molar-refractivity contribution in [3.8, 4) is 0 Å². The summed E-state index contributed by atoms with van der Waals surface area (Å²) in [6, 6.07) is 6.56. The van der Waals surface area contributed by atoms with Crippen molar-refractivity contribution >= 4 is 11.7 Å². The van der Waals surface area contributed by atoms with Gasteiger partial charge in [-0.2, -0.15) is 0 Å². The topological polar surface area (TPSA) is 48.9 Å². The van der Waals surface area contributed by atoms with E-state index in [0.717, 1.165) is 50.5 Å². The highest BCUT2D eigenvalue weighted by atomic mass is 16.5.